The molecule has 0 aliphatic carbocycles. The molecule has 0 spiro atoms. The molecule has 4 nitrogen and oxygen atoms in total. The van der Waals surface area contributed by atoms with Crippen LogP contribution < -0.4 is 5.32 Å². The Morgan fingerprint density at radius 3 is 2.45 bits per heavy atom. The number of hydrogen-bond donors (Lipinski definition) is 1. The van der Waals surface area contributed by atoms with Crippen LogP contribution in [0.3, 0.4) is 0 Å². The van der Waals surface area contributed by atoms with Gasteiger partial charge in [-0.3, -0.25) is 9.59 Å². The number of benzene rings is 1. The first-order chi connectivity index (χ1) is 9.49. The number of carbonyl (C=O) groups excluding carboxylic acids is 2. The molecule has 0 unspecified atom stereocenters. The first-order valence-electron chi connectivity index (χ1n) is 6.61. The number of esters is 1. The first-order valence-corrected chi connectivity index (χ1v) is 7.66. The molecule has 1 aromatic rings. The van der Waals surface area contributed by atoms with Crippen LogP contribution in [-0.4, -0.2) is 29.8 Å². The Labute approximate surface area is 124 Å². The van der Waals surface area contributed by atoms with Gasteiger partial charge in [-0.1, -0.05) is 30.3 Å². The SMILES string of the molecule is CC(C)OC(=O)CNC(=O)[C@H](C)SCc1ccccc1. The molecule has 20 heavy (non-hydrogen) atoms. The molecule has 5 heteroatoms. The van der Waals surface area contributed by atoms with Gasteiger partial charge >= 0.3 is 5.97 Å². The van der Waals surface area contributed by atoms with E-state index in [0.717, 1.165) is 5.75 Å². The molecule has 1 N–H and O–H groups in total. The second-order valence-electron chi connectivity index (χ2n) is 4.70. The fourth-order valence-corrected chi connectivity index (χ4v) is 2.35. The third-order valence-corrected chi connectivity index (χ3v) is 3.70. The van der Waals surface area contributed by atoms with Crippen LogP contribution in [0.25, 0.3) is 0 Å². The van der Waals surface area contributed by atoms with Crippen molar-refractivity contribution in [2.45, 2.75) is 37.9 Å². The summed E-state index contributed by atoms with van der Waals surface area (Å²) in [6.45, 7) is 5.31. The zero-order chi connectivity index (χ0) is 15.0. The van der Waals surface area contributed by atoms with Gasteiger partial charge in [0.05, 0.1) is 11.4 Å². The average molecular weight is 295 g/mol. The topological polar surface area (TPSA) is 55.4 Å². The third kappa shape index (κ3) is 6.61. The van der Waals surface area contributed by atoms with Crippen LogP contribution in [0.4, 0.5) is 0 Å². The molecule has 1 rings (SSSR count). The second-order valence-corrected chi connectivity index (χ2v) is 6.02. The van der Waals surface area contributed by atoms with E-state index in [1.807, 2.05) is 37.3 Å². The number of carbonyl (C=O) groups is 2. The zero-order valence-electron chi connectivity index (χ0n) is 12.1. The minimum Gasteiger partial charge on any atom is -0.462 e. The van der Waals surface area contributed by atoms with Gasteiger partial charge < -0.3 is 10.1 Å². The molecule has 0 fully saturated rings. The smallest absolute Gasteiger partial charge is 0.325 e. The van der Waals surface area contributed by atoms with Crippen LogP contribution in [0.1, 0.15) is 26.3 Å². The van der Waals surface area contributed by atoms with Crippen LogP contribution in [0, 0.1) is 0 Å². The van der Waals surface area contributed by atoms with Crippen molar-refractivity contribution in [3.63, 3.8) is 0 Å². The fourth-order valence-electron chi connectivity index (χ4n) is 1.48. The lowest BCUT2D eigenvalue weighted by Crippen LogP contribution is -2.36. The summed E-state index contributed by atoms with van der Waals surface area (Å²) in [5.74, 6) is 0.214. The Bertz CT molecular complexity index is 434. The van der Waals surface area contributed by atoms with Crippen molar-refractivity contribution >= 4 is 23.6 Å². The molecule has 1 atom stereocenters. The maximum atomic E-state index is 11.8. The van der Waals surface area contributed by atoms with Gasteiger partial charge in [0, 0.05) is 5.75 Å². The number of hydrogen-bond acceptors (Lipinski definition) is 4. The summed E-state index contributed by atoms with van der Waals surface area (Å²) in [6.07, 6.45) is -0.163. The van der Waals surface area contributed by atoms with Crippen LogP contribution in [0.2, 0.25) is 0 Å². The lowest BCUT2D eigenvalue weighted by molar-refractivity contribution is -0.147. The average Bonchev–Trinajstić information content (AvgIpc) is 2.42. The highest BCUT2D eigenvalue weighted by Gasteiger charge is 2.15. The zero-order valence-corrected chi connectivity index (χ0v) is 12.9. The van der Waals surface area contributed by atoms with E-state index in [9.17, 15) is 9.59 Å². The highest BCUT2D eigenvalue weighted by atomic mass is 32.2. The van der Waals surface area contributed by atoms with Crippen molar-refractivity contribution in [2.24, 2.45) is 0 Å². The Kier molecular flexibility index (Phi) is 7.15. The van der Waals surface area contributed by atoms with Gasteiger partial charge in [0.15, 0.2) is 0 Å². The van der Waals surface area contributed by atoms with E-state index in [-0.39, 0.29) is 23.8 Å². The summed E-state index contributed by atoms with van der Waals surface area (Å²) in [6, 6.07) is 9.96. The van der Waals surface area contributed by atoms with Gasteiger partial charge in [0.2, 0.25) is 5.91 Å². The summed E-state index contributed by atoms with van der Waals surface area (Å²) < 4.78 is 4.95. The van der Waals surface area contributed by atoms with E-state index in [4.69, 9.17) is 4.74 Å². The van der Waals surface area contributed by atoms with Crippen LogP contribution in [0.15, 0.2) is 30.3 Å². The molecular weight excluding hydrogens is 274 g/mol. The standard InChI is InChI=1S/C15H21NO3S/c1-11(2)19-14(17)9-16-15(18)12(3)20-10-13-7-5-4-6-8-13/h4-8,11-12H,9-10H2,1-3H3,(H,16,18)/t12-/m0/s1. The predicted molar refractivity (Wildman–Crippen MR) is 81.4 cm³/mol. The van der Waals surface area contributed by atoms with Crippen molar-refractivity contribution in [3.8, 4) is 0 Å². The highest BCUT2D eigenvalue weighted by molar-refractivity contribution is 7.99. The number of ether oxygens (including phenoxy) is 1. The van der Waals surface area contributed by atoms with Gasteiger partial charge in [-0.25, -0.2) is 0 Å². The number of thioether (sulfide) groups is 1. The Morgan fingerprint density at radius 2 is 1.85 bits per heavy atom. The quantitative estimate of drug-likeness (QED) is 0.785. The second kappa shape index (κ2) is 8.64. The van der Waals surface area contributed by atoms with E-state index in [1.54, 1.807) is 13.8 Å². The lowest BCUT2D eigenvalue weighted by atomic mass is 10.2. The first kappa shape index (κ1) is 16.6. The molecule has 0 saturated carbocycles. The van der Waals surface area contributed by atoms with Gasteiger partial charge in [0.25, 0.3) is 0 Å². The summed E-state index contributed by atoms with van der Waals surface area (Å²) in [4.78, 5) is 23.1. The Balaban J connectivity index is 2.27. The van der Waals surface area contributed by atoms with E-state index >= 15 is 0 Å². The molecule has 0 radical (unpaired) electrons. The van der Waals surface area contributed by atoms with Crippen molar-refractivity contribution in [2.75, 3.05) is 6.54 Å². The van der Waals surface area contributed by atoms with Crippen molar-refractivity contribution in [3.05, 3.63) is 35.9 Å². The van der Waals surface area contributed by atoms with E-state index in [1.165, 1.54) is 17.3 Å². The predicted octanol–water partition coefficient (Wildman–Crippen LogP) is 2.38. The maximum absolute atomic E-state index is 11.8. The van der Waals surface area contributed by atoms with Gasteiger partial charge in [0.1, 0.15) is 6.54 Å². The summed E-state index contributed by atoms with van der Waals surface area (Å²) in [5, 5.41) is 2.38. The normalized spacial score (nSPS) is 12.0. The van der Waals surface area contributed by atoms with Gasteiger partial charge in [-0.05, 0) is 26.3 Å². The van der Waals surface area contributed by atoms with Crippen molar-refractivity contribution < 1.29 is 14.3 Å². The Hall–Kier alpha value is -1.49. The monoisotopic (exact) mass is 295 g/mol. The van der Waals surface area contributed by atoms with Gasteiger partial charge in [-0.2, -0.15) is 0 Å². The summed E-state index contributed by atoms with van der Waals surface area (Å²) in [5.41, 5.74) is 1.18. The molecule has 1 aromatic carbocycles. The molecule has 0 bridgehead atoms. The largest absolute Gasteiger partial charge is 0.462 e. The third-order valence-electron chi connectivity index (χ3n) is 2.49. The number of amides is 1. The van der Waals surface area contributed by atoms with E-state index < -0.39 is 5.97 Å². The molecule has 0 heterocycles. The molecule has 0 aromatic heterocycles. The van der Waals surface area contributed by atoms with Crippen LogP contribution in [-0.2, 0) is 20.1 Å². The molecule has 110 valence electrons. The van der Waals surface area contributed by atoms with E-state index in [2.05, 4.69) is 5.32 Å². The Morgan fingerprint density at radius 1 is 1.20 bits per heavy atom. The molecule has 0 aliphatic rings. The number of rotatable bonds is 7. The van der Waals surface area contributed by atoms with Gasteiger partial charge in [-0.15, -0.1) is 11.8 Å². The maximum Gasteiger partial charge on any atom is 0.325 e. The van der Waals surface area contributed by atoms with Crippen molar-refractivity contribution in [1.29, 1.82) is 0 Å². The van der Waals surface area contributed by atoms with E-state index in [0.29, 0.717) is 0 Å². The van der Waals surface area contributed by atoms with Crippen LogP contribution in [0.5, 0.6) is 0 Å². The highest BCUT2D eigenvalue weighted by Crippen LogP contribution is 2.17. The molecule has 0 aliphatic heterocycles. The summed E-state index contributed by atoms with van der Waals surface area (Å²) in [7, 11) is 0. The van der Waals surface area contributed by atoms with Crippen molar-refractivity contribution in [1.82, 2.24) is 5.32 Å². The minimum atomic E-state index is -0.409. The molecule has 1 amide bonds. The molecule has 0 saturated heterocycles. The lowest BCUT2D eigenvalue weighted by Gasteiger charge is -2.12. The summed E-state index contributed by atoms with van der Waals surface area (Å²) >= 11 is 1.54. The molecular formula is C15H21NO3S. The minimum absolute atomic E-state index is 0.0761. The number of nitrogens with one attached hydrogen (secondary N) is 1. The van der Waals surface area contributed by atoms with Crippen LogP contribution >= 0.6 is 11.8 Å². The fraction of sp³-hybridized carbons (Fsp3) is 0.467.